The Bertz CT molecular complexity index is 2300. The number of aromatic nitrogens is 1. The number of thiol groups is 1. The number of para-hydroxylation sites is 2. The van der Waals surface area contributed by atoms with Crippen LogP contribution in [0.5, 0.6) is 0 Å². The van der Waals surface area contributed by atoms with Crippen molar-refractivity contribution in [2.24, 2.45) is 0 Å². The molecule has 9 rings (SSSR count). The Morgan fingerprint density at radius 1 is 0.761 bits per heavy atom. The molecule has 2 nitrogen and oxygen atoms in total. The van der Waals surface area contributed by atoms with Crippen LogP contribution in [0.3, 0.4) is 0 Å². The molecule has 0 saturated heterocycles. The molecule has 0 amide bonds. The molecule has 2 atom stereocenters. The van der Waals surface area contributed by atoms with Crippen LogP contribution < -0.4 is 4.90 Å². The van der Waals surface area contributed by atoms with Gasteiger partial charge >= 0.3 is 0 Å². The van der Waals surface area contributed by atoms with E-state index < -0.39 is 0 Å². The van der Waals surface area contributed by atoms with Crippen LogP contribution in [-0.2, 0) is 0 Å². The predicted octanol–water partition coefficient (Wildman–Crippen LogP) is 11.6. The number of aryl methyl sites for hydroxylation is 1. The van der Waals surface area contributed by atoms with E-state index in [1.54, 1.807) is 0 Å². The van der Waals surface area contributed by atoms with Crippen molar-refractivity contribution in [3.05, 3.63) is 157 Å². The maximum Gasteiger partial charge on any atom is 0.0636 e. The highest BCUT2D eigenvalue weighted by molar-refractivity contribution is 7.80. The summed E-state index contributed by atoms with van der Waals surface area (Å²) in [6, 6.07) is 38.1. The van der Waals surface area contributed by atoms with Crippen LogP contribution in [0.1, 0.15) is 29.9 Å². The highest BCUT2D eigenvalue weighted by Gasteiger charge is 2.37. The van der Waals surface area contributed by atoms with E-state index in [1.807, 2.05) is 0 Å². The van der Waals surface area contributed by atoms with E-state index in [2.05, 4.69) is 162 Å². The summed E-state index contributed by atoms with van der Waals surface area (Å²) in [4.78, 5) is 3.51. The summed E-state index contributed by atoms with van der Waals surface area (Å²) in [6.07, 6.45) is 18.2. The van der Waals surface area contributed by atoms with Crippen LogP contribution in [0.2, 0.25) is 0 Å². The summed E-state index contributed by atoms with van der Waals surface area (Å²) in [5, 5.41) is 2.53. The van der Waals surface area contributed by atoms with Gasteiger partial charge in [-0.3, -0.25) is 0 Å². The lowest BCUT2D eigenvalue weighted by Crippen LogP contribution is -2.28. The van der Waals surface area contributed by atoms with Crippen LogP contribution in [0.4, 0.5) is 11.4 Å². The smallest absolute Gasteiger partial charge is 0.0636 e. The summed E-state index contributed by atoms with van der Waals surface area (Å²) >= 11 is 5.29. The Hall–Kier alpha value is -4.99. The number of allylic oxidation sites excluding steroid dienone is 6. The third-order valence-corrected chi connectivity index (χ3v) is 10.3. The molecule has 0 spiro atoms. The Morgan fingerprint density at radius 2 is 1.57 bits per heavy atom. The molecule has 1 aromatic heterocycles. The Kier molecular flexibility index (Phi) is 6.43. The molecule has 222 valence electrons. The van der Waals surface area contributed by atoms with Gasteiger partial charge in [0, 0.05) is 44.2 Å². The number of nitrogens with zero attached hydrogens (tertiary/aromatic N) is 2. The van der Waals surface area contributed by atoms with E-state index in [4.69, 9.17) is 12.6 Å². The standard InChI is InChI=1S/C43H34N2S/c1-28-14-8-9-19-32(28)42-40(46)27-36(41-35-21-11-13-23-38(35)45(43(41)42)31-17-6-3-7-18-31)29-24-25-34-33-20-10-12-22-37(33)44(39(34)26-29)30-15-4-2-5-16-30/h2,4-6,8-27,33,37,46H,3,7H2,1H3. The topological polar surface area (TPSA) is 8.17 Å². The Balaban J connectivity index is 1.37. The number of hydrogen-bond acceptors (Lipinski definition) is 2. The molecule has 2 aliphatic carbocycles. The molecule has 0 saturated carbocycles. The summed E-state index contributed by atoms with van der Waals surface area (Å²) in [5.41, 5.74) is 13.6. The maximum atomic E-state index is 5.29. The van der Waals surface area contributed by atoms with Crippen LogP contribution in [-0.4, -0.2) is 10.6 Å². The fraction of sp³-hybridized carbons (Fsp3) is 0.116. The first-order chi connectivity index (χ1) is 22.7. The van der Waals surface area contributed by atoms with E-state index in [0.29, 0.717) is 5.92 Å². The molecule has 46 heavy (non-hydrogen) atoms. The lowest BCUT2D eigenvalue weighted by molar-refractivity contribution is 0.745. The molecule has 2 heterocycles. The van der Waals surface area contributed by atoms with E-state index >= 15 is 0 Å². The molecule has 3 aliphatic rings. The minimum absolute atomic E-state index is 0.258. The second kappa shape index (κ2) is 10.8. The lowest BCUT2D eigenvalue weighted by Gasteiger charge is -2.28. The van der Waals surface area contributed by atoms with Crippen molar-refractivity contribution in [3.8, 4) is 22.3 Å². The zero-order chi connectivity index (χ0) is 30.8. The Morgan fingerprint density at radius 3 is 2.41 bits per heavy atom. The summed E-state index contributed by atoms with van der Waals surface area (Å²) in [6.45, 7) is 2.20. The van der Waals surface area contributed by atoms with Gasteiger partial charge in [0.1, 0.15) is 0 Å². The number of hydrogen-bond donors (Lipinski definition) is 1. The van der Waals surface area contributed by atoms with Crippen molar-refractivity contribution in [1.82, 2.24) is 4.57 Å². The zero-order valence-corrected chi connectivity index (χ0v) is 26.7. The molecule has 2 unspecified atom stereocenters. The lowest BCUT2D eigenvalue weighted by atomic mass is 9.89. The fourth-order valence-electron chi connectivity index (χ4n) is 7.92. The highest BCUT2D eigenvalue weighted by atomic mass is 32.1. The number of rotatable bonds is 4. The van der Waals surface area contributed by atoms with Crippen LogP contribution >= 0.6 is 12.6 Å². The third kappa shape index (κ3) is 4.12. The van der Waals surface area contributed by atoms with E-state index in [1.165, 1.54) is 72.3 Å². The number of benzene rings is 5. The number of anilines is 2. The second-order valence-electron chi connectivity index (χ2n) is 12.6. The summed E-state index contributed by atoms with van der Waals surface area (Å²) < 4.78 is 2.49. The Labute approximate surface area is 275 Å². The van der Waals surface area contributed by atoms with Gasteiger partial charge in [-0.05, 0) is 84.0 Å². The van der Waals surface area contributed by atoms with Crippen molar-refractivity contribution in [1.29, 1.82) is 0 Å². The first kappa shape index (κ1) is 27.3. The van der Waals surface area contributed by atoms with Gasteiger partial charge < -0.3 is 9.47 Å². The van der Waals surface area contributed by atoms with Crippen molar-refractivity contribution in [2.45, 2.75) is 36.6 Å². The van der Waals surface area contributed by atoms with Gasteiger partial charge in [-0.25, -0.2) is 0 Å². The van der Waals surface area contributed by atoms with Gasteiger partial charge in [0.05, 0.1) is 17.1 Å². The molecule has 0 fully saturated rings. The van der Waals surface area contributed by atoms with Crippen molar-refractivity contribution >= 4 is 51.5 Å². The van der Waals surface area contributed by atoms with Gasteiger partial charge in [0.2, 0.25) is 0 Å². The fourth-order valence-corrected chi connectivity index (χ4v) is 8.28. The average Bonchev–Trinajstić information content (AvgIpc) is 3.62. The molecule has 0 radical (unpaired) electrons. The van der Waals surface area contributed by atoms with Crippen molar-refractivity contribution in [2.75, 3.05) is 4.90 Å². The minimum atomic E-state index is 0.258. The van der Waals surface area contributed by atoms with Crippen molar-refractivity contribution in [3.63, 3.8) is 0 Å². The quantitative estimate of drug-likeness (QED) is 0.195. The molecule has 5 aromatic carbocycles. The van der Waals surface area contributed by atoms with E-state index in [0.717, 1.165) is 17.7 Å². The normalized spacial score (nSPS) is 18.3. The second-order valence-corrected chi connectivity index (χ2v) is 13.1. The monoisotopic (exact) mass is 610 g/mol. The van der Waals surface area contributed by atoms with Gasteiger partial charge in [-0.15, -0.1) is 12.6 Å². The minimum Gasteiger partial charge on any atom is -0.333 e. The first-order valence-corrected chi connectivity index (χ1v) is 16.7. The van der Waals surface area contributed by atoms with Crippen molar-refractivity contribution < 1.29 is 0 Å². The molecule has 1 aliphatic heterocycles. The maximum absolute atomic E-state index is 5.29. The summed E-state index contributed by atoms with van der Waals surface area (Å²) in [5.74, 6) is 0.324. The molecule has 6 aromatic rings. The van der Waals surface area contributed by atoms with Gasteiger partial charge in [0.25, 0.3) is 0 Å². The predicted molar refractivity (Wildman–Crippen MR) is 198 cm³/mol. The zero-order valence-electron chi connectivity index (χ0n) is 25.8. The van der Waals surface area contributed by atoms with E-state index in [-0.39, 0.29) is 6.04 Å². The van der Waals surface area contributed by atoms with Crippen LogP contribution in [0.25, 0.3) is 49.8 Å². The number of fused-ring (bicyclic) bond motifs is 6. The first-order valence-electron chi connectivity index (χ1n) is 16.2. The molecule has 3 heteroatoms. The van der Waals surface area contributed by atoms with Gasteiger partial charge in [0.15, 0.2) is 0 Å². The molecular formula is C43H34N2S. The highest BCUT2D eigenvalue weighted by Crippen LogP contribution is 2.51. The van der Waals surface area contributed by atoms with Crippen LogP contribution in [0, 0.1) is 6.92 Å². The average molecular weight is 611 g/mol. The molecule has 0 bridgehead atoms. The third-order valence-electron chi connectivity index (χ3n) is 9.96. The molecular weight excluding hydrogens is 577 g/mol. The summed E-state index contributed by atoms with van der Waals surface area (Å²) in [7, 11) is 0. The van der Waals surface area contributed by atoms with Crippen LogP contribution in [0.15, 0.2) is 151 Å². The SMILES string of the molecule is Cc1ccccc1-c1c(S)cc(-c2ccc3c(c2)N(c2ccccc2)C2C=CC=CC32)c2c3ccccc3n(C3=CCCC=C3)c12. The molecule has 0 N–H and O–H groups in total. The van der Waals surface area contributed by atoms with Gasteiger partial charge in [-0.2, -0.15) is 0 Å². The largest absolute Gasteiger partial charge is 0.333 e. The van der Waals surface area contributed by atoms with Gasteiger partial charge in [-0.1, -0.05) is 109 Å². The van der Waals surface area contributed by atoms with E-state index in [9.17, 15) is 0 Å².